The number of rotatable bonds is 9. The summed E-state index contributed by atoms with van der Waals surface area (Å²) < 4.78 is 21.2. The molecule has 0 saturated heterocycles. The van der Waals surface area contributed by atoms with E-state index in [4.69, 9.17) is 19.4 Å². The van der Waals surface area contributed by atoms with Gasteiger partial charge in [-0.05, 0) is 69.6 Å². The Kier molecular flexibility index (Phi) is 13.5. The van der Waals surface area contributed by atoms with Crippen molar-refractivity contribution in [3.63, 3.8) is 0 Å². The second-order valence-corrected chi connectivity index (χ2v) is 19.7. The zero-order chi connectivity index (χ0) is 49.1. The molecule has 0 aliphatic carbocycles. The van der Waals surface area contributed by atoms with Crippen molar-refractivity contribution in [3.8, 4) is 57.4 Å². The van der Waals surface area contributed by atoms with E-state index in [0.29, 0.717) is 34.4 Å². The number of ether oxygens (including phenoxy) is 2. The molecule has 0 bridgehead atoms. The summed E-state index contributed by atoms with van der Waals surface area (Å²) in [5.41, 5.74) is 9.70. The fraction of sp³-hybridized carbons (Fsp3) is 0.129. The maximum absolute atomic E-state index is 6.61. The van der Waals surface area contributed by atoms with E-state index in [1.165, 1.54) is 0 Å². The molecule has 12 heteroatoms. The van der Waals surface area contributed by atoms with E-state index in [-0.39, 0.29) is 53.0 Å². The van der Waals surface area contributed by atoms with Gasteiger partial charge in [-0.2, -0.15) is 35.4 Å². The molecule has 12 aromatic rings. The van der Waals surface area contributed by atoms with Gasteiger partial charge in [-0.15, -0.1) is 47.8 Å². The summed E-state index contributed by atoms with van der Waals surface area (Å²) in [6.07, 6.45) is 10.5. The molecule has 0 radical (unpaired) electrons. The van der Waals surface area contributed by atoms with Gasteiger partial charge in [-0.1, -0.05) is 139 Å². The maximum atomic E-state index is 6.61. The summed E-state index contributed by atoms with van der Waals surface area (Å²) in [4.78, 5) is 19.3. The van der Waals surface area contributed by atoms with Gasteiger partial charge in [0.1, 0.15) is 0 Å². The Morgan fingerprint density at radius 3 is 1.27 bits per heavy atom. The minimum absolute atomic E-state index is 0. The number of hydrogen-bond donors (Lipinski definition) is 0. The summed E-state index contributed by atoms with van der Waals surface area (Å²) in [5, 5.41) is 2.15. The third-order valence-electron chi connectivity index (χ3n) is 12.6. The molecule has 370 valence electrons. The Bertz CT molecular complexity index is 3800. The van der Waals surface area contributed by atoms with Gasteiger partial charge in [0.05, 0.1) is 33.1 Å². The molecule has 0 aliphatic rings. The van der Waals surface area contributed by atoms with Crippen LogP contribution in [-0.4, -0.2) is 29.1 Å². The predicted octanol–water partition coefficient (Wildman–Crippen LogP) is 12.7. The van der Waals surface area contributed by atoms with Crippen LogP contribution in [0.1, 0.15) is 52.7 Å². The van der Waals surface area contributed by atoms with Gasteiger partial charge in [0.15, 0.2) is 11.6 Å². The number of aromatic nitrogens is 8. The van der Waals surface area contributed by atoms with Crippen LogP contribution < -0.4 is 18.6 Å². The van der Waals surface area contributed by atoms with Crippen LogP contribution in [0.4, 0.5) is 0 Å². The third-order valence-corrected chi connectivity index (χ3v) is 12.6. The number of benzene rings is 6. The molecule has 0 unspecified atom stereocenters. The summed E-state index contributed by atoms with van der Waals surface area (Å²) in [7, 11) is 0. The monoisotopic (exact) mass is 1320 g/mol. The van der Waals surface area contributed by atoms with Gasteiger partial charge in [0, 0.05) is 65.1 Å². The summed E-state index contributed by atoms with van der Waals surface area (Å²) in [5.74, 6) is 3.43. The van der Waals surface area contributed by atoms with Crippen LogP contribution >= 0.6 is 0 Å². The van der Waals surface area contributed by atoms with Crippen LogP contribution in [0.2, 0.25) is 0 Å². The molecular weight excluding hydrogens is 1280 g/mol. The molecule has 0 amide bonds. The van der Waals surface area contributed by atoms with Crippen LogP contribution in [0.3, 0.4) is 0 Å². The predicted molar refractivity (Wildman–Crippen MR) is 278 cm³/mol. The van der Waals surface area contributed by atoms with Gasteiger partial charge < -0.3 is 28.6 Å². The van der Waals surface area contributed by atoms with Gasteiger partial charge >= 0.3 is 0 Å². The van der Waals surface area contributed by atoms with Crippen LogP contribution in [-0.2, 0) is 53.0 Å². The van der Waals surface area contributed by atoms with Crippen molar-refractivity contribution in [3.05, 3.63) is 218 Å². The molecule has 0 N–H and O–H groups in total. The van der Waals surface area contributed by atoms with Crippen LogP contribution in [0.5, 0.6) is 23.0 Å². The summed E-state index contributed by atoms with van der Waals surface area (Å²) >= 11 is 0. The minimum Gasteiger partial charge on any atom is -0.511 e. The number of imidazole rings is 2. The number of para-hydroxylation sites is 6. The standard InChI is InChI=1S/C62H46N8O2.2Pt/c1-61(2,3)43-31-45(67-39-69(57-21-13-11-19-55(57)67)59-25-23-41-15-7-9-17-51(41)65-59)35-49(33-43)71-47-27-29-63-53(37-47)54-38-48(28-30-64-54)72-50-34-44(62(4,5)6)32-46(36-50)68-40-70(58-22-14-12-20-56(58)68)60-26-24-42-16-8-10-18-52(42)66-60;;/h7-34H,1-6H3;;/q-4;;. The largest absolute Gasteiger partial charge is 0.511 e. The quantitative estimate of drug-likeness (QED) is 0.106. The average molecular weight is 1330 g/mol. The van der Waals surface area contributed by atoms with Crippen molar-refractivity contribution < 1.29 is 60.7 Å². The van der Waals surface area contributed by atoms with E-state index in [1.54, 1.807) is 24.5 Å². The number of fused-ring (bicyclic) bond motifs is 4. The van der Waals surface area contributed by atoms with Crippen LogP contribution in [0.25, 0.3) is 78.3 Å². The smallest absolute Gasteiger partial charge is 0.269 e. The molecule has 0 saturated carbocycles. The SMILES string of the molecule is CC(C)(C)c1cc(Oc2[c-]c(-c3[c-]c(Oc4[c-]c(-[n+]5[c-]n(-c6ccc7ccccc7n6)c6ccccc65)cc(C(C)(C)C)c4)ccn3)ncc2)[c-]c(-[n+]2[c-]n(-c3ccc4ccccc4n3)c3ccccc32)c1.[Pt].[Pt]. The number of nitrogens with zero attached hydrogens (tertiary/aromatic N) is 8. The Morgan fingerprint density at radius 1 is 0.432 bits per heavy atom. The van der Waals surface area contributed by atoms with Crippen molar-refractivity contribution in [2.75, 3.05) is 0 Å². The average Bonchev–Trinajstić information content (AvgIpc) is 3.98. The Balaban J connectivity index is 0.00000313. The van der Waals surface area contributed by atoms with Crippen molar-refractivity contribution in [2.24, 2.45) is 0 Å². The molecule has 6 aromatic carbocycles. The first-order valence-corrected chi connectivity index (χ1v) is 23.8. The molecule has 0 atom stereocenters. The normalized spacial score (nSPS) is 11.7. The van der Waals surface area contributed by atoms with E-state index in [1.807, 2.05) is 103 Å². The van der Waals surface area contributed by atoms with Crippen molar-refractivity contribution in [2.45, 2.75) is 52.4 Å². The zero-order valence-electron chi connectivity index (χ0n) is 41.2. The van der Waals surface area contributed by atoms with E-state index in [9.17, 15) is 0 Å². The zero-order valence-corrected chi connectivity index (χ0v) is 45.7. The van der Waals surface area contributed by atoms with E-state index >= 15 is 0 Å². The molecule has 0 spiro atoms. The molecule has 6 aromatic heterocycles. The summed E-state index contributed by atoms with van der Waals surface area (Å²) in [6, 6.07) is 66.5. The summed E-state index contributed by atoms with van der Waals surface area (Å²) in [6.45, 7) is 13.1. The number of pyridine rings is 4. The number of hydrogen-bond acceptors (Lipinski definition) is 6. The first-order chi connectivity index (χ1) is 34.9. The molecule has 74 heavy (non-hydrogen) atoms. The van der Waals surface area contributed by atoms with Crippen molar-refractivity contribution in [1.29, 1.82) is 0 Å². The second-order valence-electron chi connectivity index (χ2n) is 19.7. The Morgan fingerprint density at radius 2 is 0.838 bits per heavy atom. The van der Waals surface area contributed by atoms with Gasteiger partial charge in [-0.3, -0.25) is 9.13 Å². The Labute approximate surface area is 458 Å². The van der Waals surface area contributed by atoms with Gasteiger partial charge in [-0.25, -0.2) is 9.97 Å². The first kappa shape index (κ1) is 49.9. The van der Waals surface area contributed by atoms with E-state index < -0.39 is 0 Å². The third kappa shape index (κ3) is 9.80. The van der Waals surface area contributed by atoms with E-state index in [0.717, 1.165) is 78.0 Å². The molecule has 12 rings (SSSR count). The molecular formula is C62H46N8O2Pt2-4. The minimum atomic E-state index is -0.219. The molecule has 0 fully saturated rings. The van der Waals surface area contributed by atoms with Crippen LogP contribution in [0.15, 0.2) is 170 Å². The van der Waals surface area contributed by atoms with Crippen LogP contribution in [0, 0.1) is 36.9 Å². The topological polar surface area (TPSA) is 87.6 Å². The fourth-order valence-electron chi connectivity index (χ4n) is 8.79. The van der Waals surface area contributed by atoms with Gasteiger partial charge in [0.25, 0.3) is 12.7 Å². The van der Waals surface area contributed by atoms with Crippen molar-refractivity contribution in [1.82, 2.24) is 29.1 Å². The molecule has 6 heterocycles. The fourth-order valence-corrected chi connectivity index (χ4v) is 8.79. The molecule has 10 nitrogen and oxygen atoms in total. The van der Waals surface area contributed by atoms with Gasteiger partial charge in [0.2, 0.25) is 0 Å². The first-order valence-electron chi connectivity index (χ1n) is 23.8. The second kappa shape index (κ2) is 20.0. The van der Waals surface area contributed by atoms with Crippen molar-refractivity contribution >= 4 is 43.9 Å². The maximum Gasteiger partial charge on any atom is 0.269 e. The molecule has 0 aliphatic heterocycles. The Hall–Kier alpha value is -7.64. The van der Waals surface area contributed by atoms with E-state index in [2.05, 4.69) is 149 Å².